The van der Waals surface area contributed by atoms with Gasteiger partial charge in [-0.2, -0.15) is 4.98 Å². The molecule has 4 rings (SSSR count). The van der Waals surface area contributed by atoms with Gasteiger partial charge in [-0.1, -0.05) is 23.7 Å². The highest BCUT2D eigenvalue weighted by atomic mass is 35.5. The zero-order valence-electron chi connectivity index (χ0n) is 17.0. The van der Waals surface area contributed by atoms with Crippen molar-refractivity contribution in [1.29, 1.82) is 0 Å². The van der Waals surface area contributed by atoms with E-state index in [2.05, 4.69) is 9.97 Å². The largest absolute Gasteiger partial charge is 0.383 e. The van der Waals surface area contributed by atoms with E-state index in [4.69, 9.17) is 16.3 Å². The van der Waals surface area contributed by atoms with Gasteiger partial charge in [-0.15, -0.1) is 0 Å². The summed E-state index contributed by atoms with van der Waals surface area (Å²) in [4.78, 5) is 24.4. The van der Waals surface area contributed by atoms with Gasteiger partial charge in [0.1, 0.15) is 5.82 Å². The van der Waals surface area contributed by atoms with Crippen LogP contribution >= 0.6 is 11.6 Å². The summed E-state index contributed by atoms with van der Waals surface area (Å²) >= 11 is 6.28. The van der Waals surface area contributed by atoms with Gasteiger partial charge in [0.05, 0.1) is 17.3 Å². The molecule has 158 valence electrons. The van der Waals surface area contributed by atoms with Crippen LogP contribution in [0.1, 0.15) is 16.1 Å². The molecule has 2 heterocycles. The van der Waals surface area contributed by atoms with Gasteiger partial charge >= 0.3 is 0 Å². The molecule has 0 amide bonds. The number of halogens is 2. The van der Waals surface area contributed by atoms with Gasteiger partial charge in [0.25, 0.3) is 0 Å². The highest BCUT2D eigenvalue weighted by Gasteiger charge is 2.22. The monoisotopic (exact) mass is 438 g/mol. The maximum absolute atomic E-state index is 13.6. The molecule has 0 atom stereocenters. The van der Waals surface area contributed by atoms with Gasteiger partial charge in [-0.25, -0.2) is 9.37 Å². The van der Waals surface area contributed by atoms with E-state index in [0.717, 1.165) is 0 Å². The van der Waals surface area contributed by atoms with E-state index in [1.165, 1.54) is 12.1 Å². The summed E-state index contributed by atoms with van der Waals surface area (Å²) in [5, 5.41) is 1.04. The SMILES string of the molecule is COCCN(C)c1ncc2cc(C(=O)c3ccccc3Cl)n(-c3ccc(F)cc3)c2n1. The lowest BCUT2D eigenvalue weighted by molar-refractivity contribution is 0.103. The third-order valence-electron chi connectivity index (χ3n) is 4.94. The number of fused-ring (bicyclic) bond motifs is 1. The molecule has 0 unspecified atom stereocenters. The highest BCUT2D eigenvalue weighted by molar-refractivity contribution is 6.35. The lowest BCUT2D eigenvalue weighted by Crippen LogP contribution is -2.24. The molecule has 0 spiro atoms. The van der Waals surface area contributed by atoms with Crippen molar-refractivity contribution in [2.45, 2.75) is 0 Å². The fourth-order valence-electron chi connectivity index (χ4n) is 3.29. The summed E-state index contributed by atoms with van der Waals surface area (Å²) in [5.74, 6) is -0.140. The second-order valence-corrected chi connectivity index (χ2v) is 7.42. The molecule has 31 heavy (non-hydrogen) atoms. The van der Waals surface area contributed by atoms with Crippen molar-refractivity contribution in [1.82, 2.24) is 14.5 Å². The Morgan fingerprint density at radius 2 is 1.94 bits per heavy atom. The average molecular weight is 439 g/mol. The van der Waals surface area contributed by atoms with E-state index in [1.54, 1.807) is 60.3 Å². The Balaban J connectivity index is 1.91. The maximum atomic E-state index is 13.6. The normalized spacial score (nSPS) is 11.1. The summed E-state index contributed by atoms with van der Waals surface area (Å²) < 4.78 is 20.4. The minimum atomic E-state index is -0.367. The first-order chi connectivity index (χ1) is 15.0. The van der Waals surface area contributed by atoms with Gasteiger partial charge in [-0.3, -0.25) is 9.36 Å². The van der Waals surface area contributed by atoms with E-state index >= 15 is 0 Å². The molecule has 0 saturated heterocycles. The third-order valence-corrected chi connectivity index (χ3v) is 5.27. The standard InChI is InChI=1S/C23H20ClFN4O2/c1-28(11-12-31-2)23-26-14-15-13-20(21(30)18-5-3-4-6-19(18)24)29(22(15)27-23)17-9-7-16(25)8-10-17/h3-10,13-14H,11-12H2,1-2H3. The van der Waals surface area contributed by atoms with Crippen LogP contribution in [-0.2, 0) is 4.74 Å². The number of aromatic nitrogens is 3. The Morgan fingerprint density at radius 3 is 2.65 bits per heavy atom. The van der Waals surface area contributed by atoms with Gasteiger partial charge in [0, 0.05) is 43.5 Å². The summed E-state index contributed by atoms with van der Waals surface area (Å²) in [6, 6.07) is 14.5. The Morgan fingerprint density at radius 1 is 1.19 bits per heavy atom. The molecule has 2 aromatic carbocycles. The van der Waals surface area contributed by atoms with Crippen LogP contribution in [0.15, 0.2) is 60.8 Å². The van der Waals surface area contributed by atoms with Crippen LogP contribution in [0.5, 0.6) is 0 Å². The number of ether oxygens (including phenoxy) is 1. The first-order valence-electron chi connectivity index (χ1n) is 9.63. The van der Waals surface area contributed by atoms with Crippen molar-refractivity contribution >= 4 is 34.4 Å². The molecule has 0 saturated carbocycles. The number of likely N-dealkylation sites (N-methyl/N-ethyl adjacent to an activating group) is 1. The van der Waals surface area contributed by atoms with Crippen molar-refractivity contribution in [2.24, 2.45) is 0 Å². The smallest absolute Gasteiger partial charge is 0.227 e. The lowest BCUT2D eigenvalue weighted by Gasteiger charge is -2.16. The molecule has 0 N–H and O–H groups in total. The molecular weight excluding hydrogens is 419 g/mol. The van der Waals surface area contributed by atoms with Crippen molar-refractivity contribution < 1.29 is 13.9 Å². The first-order valence-corrected chi connectivity index (χ1v) is 10.0. The van der Waals surface area contributed by atoms with Gasteiger partial charge < -0.3 is 9.64 Å². The zero-order valence-corrected chi connectivity index (χ0v) is 17.8. The summed E-state index contributed by atoms with van der Waals surface area (Å²) in [6.07, 6.45) is 1.67. The van der Waals surface area contributed by atoms with Gasteiger partial charge in [0.15, 0.2) is 5.65 Å². The van der Waals surface area contributed by atoms with E-state index in [-0.39, 0.29) is 11.6 Å². The zero-order chi connectivity index (χ0) is 22.0. The van der Waals surface area contributed by atoms with Crippen LogP contribution in [-0.4, -0.2) is 47.6 Å². The Hall–Kier alpha value is -3.29. The Bertz CT molecular complexity index is 1240. The number of rotatable bonds is 7. The number of benzene rings is 2. The number of methoxy groups -OCH3 is 1. The van der Waals surface area contributed by atoms with Crippen LogP contribution in [0.25, 0.3) is 16.7 Å². The van der Waals surface area contributed by atoms with E-state index < -0.39 is 0 Å². The number of carbonyl (C=O) groups excluding carboxylic acids is 1. The number of hydrogen-bond acceptors (Lipinski definition) is 5. The fourth-order valence-corrected chi connectivity index (χ4v) is 3.52. The summed E-state index contributed by atoms with van der Waals surface area (Å²) in [7, 11) is 3.49. The molecule has 2 aromatic heterocycles. The number of ketones is 1. The predicted octanol–water partition coefficient (Wildman–Crippen LogP) is 4.53. The van der Waals surface area contributed by atoms with Crippen LogP contribution in [0, 0.1) is 5.82 Å². The summed E-state index contributed by atoms with van der Waals surface area (Å²) in [6.45, 7) is 1.12. The molecule has 0 bridgehead atoms. The molecule has 0 radical (unpaired) electrons. The van der Waals surface area contributed by atoms with Crippen molar-refractivity contribution in [3.8, 4) is 5.69 Å². The van der Waals surface area contributed by atoms with Crippen LogP contribution in [0.4, 0.5) is 10.3 Å². The minimum absolute atomic E-state index is 0.262. The average Bonchev–Trinajstić information content (AvgIpc) is 3.16. The molecule has 0 fully saturated rings. The number of hydrogen-bond donors (Lipinski definition) is 0. The quantitative estimate of drug-likeness (QED) is 0.397. The second kappa shape index (κ2) is 8.83. The molecule has 4 aromatic rings. The molecular formula is C23H20ClFN4O2. The third kappa shape index (κ3) is 4.15. The lowest BCUT2D eigenvalue weighted by atomic mass is 10.1. The number of nitrogens with zero attached hydrogens (tertiary/aromatic N) is 4. The van der Waals surface area contributed by atoms with E-state index in [9.17, 15) is 9.18 Å². The molecule has 8 heteroatoms. The Kier molecular flexibility index (Phi) is 5.97. The fraction of sp³-hybridized carbons (Fsp3) is 0.174. The highest BCUT2D eigenvalue weighted by Crippen LogP contribution is 2.28. The molecule has 6 nitrogen and oxygen atoms in total. The van der Waals surface area contributed by atoms with Crippen LogP contribution in [0.2, 0.25) is 5.02 Å². The van der Waals surface area contributed by atoms with Gasteiger partial charge in [-0.05, 0) is 42.5 Å². The Labute approximate surface area is 183 Å². The maximum Gasteiger partial charge on any atom is 0.227 e. The van der Waals surface area contributed by atoms with E-state index in [0.29, 0.717) is 52.1 Å². The molecule has 0 aliphatic heterocycles. The second-order valence-electron chi connectivity index (χ2n) is 7.01. The topological polar surface area (TPSA) is 60.2 Å². The minimum Gasteiger partial charge on any atom is -0.383 e. The molecule has 0 aliphatic carbocycles. The van der Waals surface area contributed by atoms with Gasteiger partial charge in [0.2, 0.25) is 11.7 Å². The predicted molar refractivity (Wildman–Crippen MR) is 119 cm³/mol. The molecule has 0 aliphatic rings. The first kappa shape index (κ1) is 21.0. The number of anilines is 1. The van der Waals surface area contributed by atoms with Crippen LogP contribution in [0.3, 0.4) is 0 Å². The van der Waals surface area contributed by atoms with Crippen molar-refractivity contribution in [2.75, 3.05) is 32.2 Å². The van der Waals surface area contributed by atoms with E-state index in [1.807, 2.05) is 11.9 Å². The van der Waals surface area contributed by atoms with Crippen LogP contribution < -0.4 is 4.90 Å². The number of carbonyl (C=O) groups is 1. The summed E-state index contributed by atoms with van der Waals surface area (Å²) in [5.41, 5.74) is 1.88. The van der Waals surface area contributed by atoms with Crippen molar-refractivity contribution in [3.05, 3.63) is 82.9 Å². The van der Waals surface area contributed by atoms with Crippen molar-refractivity contribution in [3.63, 3.8) is 0 Å².